The Morgan fingerprint density at radius 1 is 1.55 bits per heavy atom. The second kappa shape index (κ2) is 8.18. The van der Waals surface area contributed by atoms with Gasteiger partial charge in [-0.2, -0.15) is 0 Å². The molecule has 0 aliphatic rings. The number of methoxy groups -OCH3 is 1. The number of nitrogens with zero attached hydrogens (tertiary/aromatic N) is 2. The maximum atomic E-state index is 11.7. The minimum absolute atomic E-state index is 0.0995. The quantitative estimate of drug-likeness (QED) is 0.644. The third-order valence-corrected chi connectivity index (χ3v) is 4.59. The van der Waals surface area contributed by atoms with Gasteiger partial charge in [0, 0.05) is 19.5 Å². The fourth-order valence-electron chi connectivity index (χ4n) is 1.08. The third-order valence-electron chi connectivity index (χ3n) is 2.04. The Morgan fingerprint density at radius 2 is 2.25 bits per heavy atom. The molecule has 0 saturated carbocycles. The first-order chi connectivity index (χ1) is 9.42. The summed E-state index contributed by atoms with van der Waals surface area (Å²) in [5.74, 6) is -0.318. The van der Waals surface area contributed by atoms with E-state index >= 15 is 0 Å². The zero-order valence-electron chi connectivity index (χ0n) is 11.3. The average molecular weight is 333 g/mol. The largest absolute Gasteiger partial charge is 0.469 e. The number of thiazole rings is 1. The second-order valence-corrected chi connectivity index (χ2v) is 6.36. The maximum absolute atomic E-state index is 11.7. The van der Waals surface area contributed by atoms with E-state index in [2.05, 4.69) is 15.0 Å². The molecular weight excluding hydrogens is 318 g/mol. The molecule has 110 valence electrons. The van der Waals surface area contributed by atoms with Crippen molar-refractivity contribution in [2.75, 3.05) is 32.3 Å². The van der Waals surface area contributed by atoms with Crippen LogP contribution in [0.2, 0.25) is 0 Å². The van der Waals surface area contributed by atoms with Gasteiger partial charge in [-0.1, -0.05) is 24.0 Å². The SMILES string of the molecule is COC(=O)Cc1csc(NC(=O)CSC(=S)N(C)C)n1. The highest BCUT2D eigenvalue weighted by Gasteiger charge is 2.11. The van der Waals surface area contributed by atoms with Crippen molar-refractivity contribution in [2.45, 2.75) is 6.42 Å². The molecular formula is C11H15N3O3S3. The molecule has 0 atom stereocenters. The summed E-state index contributed by atoms with van der Waals surface area (Å²) in [6.45, 7) is 0. The highest BCUT2D eigenvalue weighted by atomic mass is 32.2. The molecule has 0 aromatic carbocycles. The molecule has 1 aromatic heterocycles. The van der Waals surface area contributed by atoms with Gasteiger partial charge < -0.3 is 15.0 Å². The highest BCUT2D eigenvalue weighted by molar-refractivity contribution is 8.23. The van der Waals surface area contributed by atoms with Gasteiger partial charge in [0.1, 0.15) is 4.32 Å². The Morgan fingerprint density at radius 3 is 2.85 bits per heavy atom. The third kappa shape index (κ3) is 5.85. The predicted octanol–water partition coefficient (Wildman–Crippen LogP) is 1.38. The van der Waals surface area contributed by atoms with Crippen LogP contribution in [-0.2, 0) is 20.7 Å². The van der Waals surface area contributed by atoms with Crippen LogP contribution < -0.4 is 5.32 Å². The molecule has 0 aliphatic heterocycles. The molecule has 1 heterocycles. The number of carbonyl (C=O) groups excluding carboxylic acids is 2. The predicted molar refractivity (Wildman–Crippen MR) is 85.2 cm³/mol. The van der Waals surface area contributed by atoms with Crippen LogP contribution in [0, 0.1) is 0 Å². The number of esters is 1. The molecule has 0 saturated heterocycles. The van der Waals surface area contributed by atoms with Gasteiger partial charge in [-0.25, -0.2) is 4.98 Å². The molecule has 1 aromatic rings. The van der Waals surface area contributed by atoms with Gasteiger partial charge in [0.05, 0.1) is 25.0 Å². The van der Waals surface area contributed by atoms with E-state index in [0.29, 0.717) is 15.1 Å². The Kier molecular flexibility index (Phi) is 6.89. The van der Waals surface area contributed by atoms with Gasteiger partial charge in [-0.3, -0.25) is 9.59 Å². The van der Waals surface area contributed by atoms with E-state index in [-0.39, 0.29) is 24.1 Å². The van der Waals surface area contributed by atoms with Crippen molar-refractivity contribution in [3.63, 3.8) is 0 Å². The lowest BCUT2D eigenvalue weighted by atomic mass is 10.3. The van der Waals surface area contributed by atoms with Gasteiger partial charge in [0.2, 0.25) is 5.91 Å². The van der Waals surface area contributed by atoms with E-state index in [4.69, 9.17) is 12.2 Å². The molecule has 0 bridgehead atoms. The first-order valence-electron chi connectivity index (χ1n) is 5.57. The monoisotopic (exact) mass is 333 g/mol. The lowest BCUT2D eigenvalue weighted by Crippen LogP contribution is -2.20. The number of anilines is 1. The summed E-state index contributed by atoms with van der Waals surface area (Å²) >= 11 is 7.62. The topological polar surface area (TPSA) is 71.5 Å². The molecule has 20 heavy (non-hydrogen) atoms. The number of carbonyl (C=O) groups is 2. The number of aromatic nitrogens is 1. The second-order valence-electron chi connectivity index (χ2n) is 3.89. The van der Waals surface area contributed by atoms with E-state index in [0.717, 1.165) is 0 Å². The summed E-state index contributed by atoms with van der Waals surface area (Å²) in [4.78, 5) is 28.7. The normalized spacial score (nSPS) is 9.95. The average Bonchev–Trinajstić information content (AvgIpc) is 2.82. The van der Waals surface area contributed by atoms with Gasteiger partial charge in [-0.15, -0.1) is 11.3 Å². The van der Waals surface area contributed by atoms with Crippen LogP contribution in [0.4, 0.5) is 5.13 Å². The summed E-state index contributed by atoms with van der Waals surface area (Å²) < 4.78 is 5.19. The summed E-state index contributed by atoms with van der Waals surface area (Å²) in [5, 5.41) is 4.84. The smallest absolute Gasteiger partial charge is 0.311 e. The van der Waals surface area contributed by atoms with E-state index < -0.39 is 0 Å². The number of hydrogen-bond acceptors (Lipinski definition) is 7. The van der Waals surface area contributed by atoms with Crippen LogP contribution in [-0.4, -0.2) is 53.0 Å². The van der Waals surface area contributed by atoms with Crippen LogP contribution in [0.15, 0.2) is 5.38 Å². The summed E-state index contributed by atoms with van der Waals surface area (Å²) in [7, 11) is 4.97. The lowest BCUT2D eigenvalue weighted by molar-refractivity contribution is -0.139. The maximum Gasteiger partial charge on any atom is 0.311 e. The zero-order valence-corrected chi connectivity index (χ0v) is 13.8. The number of rotatable bonds is 5. The lowest BCUT2D eigenvalue weighted by Gasteiger charge is -2.11. The van der Waals surface area contributed by atoms with Crippen molar-refractivity contribution in [1.82, 2.24) is 9.88 Å². The van der Waals surface area contributed by atoms with Crippen LogP contribution >= 0.6 is 35.3 Å². The van der Waals surface area contributed by atoms with E-state index in [9.17, 15) is 9.59 Å². The molecule has 0 spiro atoms. The fraction of sp³-hybridized carbons (Fsp3) is 0.455. The molecule has 1 amide bonds. The molecule has 1 N–H and O–H groups in total. The Hall–Kier alpha value is -1.19. The summed E-state index contributed by atoms with van der Waals surface area (Å²) in [6.07, 6.45) is 0.0995. The van der Waals surface area contributed by atoms with Crippen LogP contribution in [0.3, 0.4) is 0 Å². The van der Waals surface area contributed by atoms with Crippen molar-refractivity contribution >= 4 is 56.6 Å². The standard InChI is InChI=1S/C11H15N3O3S3/c1-14(2)11(18)20-6-8(15)13-10-12-7(5-19-10)4-9(16)17-3/h5H,4,6H2,1-3H3,(H,12,13,15). The number of hydrogen-bond donors (Lipinski definition) is 1. The van der Waals surface area contributed by atoms with Crippen molar-refractivity contribution in [3.05, 3.63) is 11.1 Å². The van der Waals surface area contributed by atoms with Crippen molar-refractivity contribution in [3.8, 4) is 0 Å². The van der Waals surface area contributed by atoms with Crippen molar-refractivity contribution in [2.24, 2.45) is 0 Å². The van der Waals surface area contributed by atoms with Gasteiger partial charge in [-0.05, 0) is 0 Å². The van der Waals surface area contributed by atoms with Gasteiger partial charge in [0.15, 0.2) is 5.13 Å². The minimum atomic E-state index is -0.361. The molecule has 0 fully saturated rings. The Labute approximate surface area is 130 Å². The summed E-state index contributed by atoms with van der Waals surface area (Å²) in [6, 6.07) is 0. The summed E-state index contributed by atoms with van der Waals surface area (Å²) in [5.41, 5.74) is 0.577. The highest BCUT2D eigenvalue weighted by Crippen LogP contribution is 2.17. The number of amides is 1. The van der Waals surface area contributed by atoms with E-state index in [1.165, 1.54) is 30.2 Å². The molecule has 0 aliphatic carbocycles. The number of thioether (sulfide) groups is 1. The van der Waals surface area contributed by atoms with Crippen molar-refractivity contribution in [1.29, 1.82) is 0 Å². The fourth-order valence-corrected chi connectivity index (χ4v) is 2.57. The minimum Gasteiger partial charge on any atom is -0.469 e. The Bertz CT molecular complexity index is 502. The van der Waals surface area contributed by atoms with Gasteiger partial charge in [0.25, 0.3) is 0 Å². The van der Waals surface area contributed by atoms with E-state index in [1.807, 2.05) is 14.1 Å². The van der Waals surface area contributed by atoms with Crippen LogP contribution in [0.25, 0.3) is 0 Å². The molecule has 0 radical (unpaired) electrons. The number of nitrogens with one attached hydrogen (secondary N) is 1. The molecule has 6 nitrogen and oxygen atoms in total. The van der Waals surface area contributed by atoms with Crippen molar-refractivity contribution < 1.29 is 14.3 Å². The number of ether oxygens (including phenoxy) is 1. The number of thiocarbonyl (C=S) groups is 1. The molecule has 0 unspecified atom stereocenters. The van der Waals surface area contributed by atoms with Crippen LogP contribution in [0.5, 0.6) is 0 Å². The molecule has 1 rings (SSSR count). The van der Waals surface area contributed by atoms with Crippen LogP contribution in [0.1, 0.15) is 5.69 Å². The first-order valence-corrected chi connectivity index (χ1v) is 7.85. The zero-order chi connectivity index (χ0) is 15.1. The Balaban J connectivity index is 2.42. The van der Waals surface area contributed by atoms with E-state index in [1.54, 1.807) is 10.3 Å². The van der Waals surface area contributed by atoms with Gasteiger partial charge >= 0.3 is 5.97 Å². The molecule has 9 heteroatoms. The first kappa shape index (κ1) is 16.9.